The Labute approximate surface area is 67.8 Å². The number of amides is 1. The van der Waals surface area contributed by atoms with Gasteiger partial charge in [0.1, 0.15) is 0 Å². The molecule has 1 aliphatic rings. The summed E-state index contributed by atoms with van der Waals surface area (Å²) in [6.07, 6.45) is 2.76. The van der Waals surface area contributed by atoms with E-state index in [0.717, 1.165) is 19.4 Å². The summed E-state index contributed by atoms with van der Waals surface area (Å²) in [6, 6.07) is 0.531. The van der Waals surface area contributed by atoms with Crippen LogP contribution in [0.5, 0.6) is 0 Å². The molecule has 1 saturated heterocycles. The topological polar surface area (TPSA) is 32.3 Å². The summed E-state index contributed by atoms with van der Waals surface area (Å²) >= 11 is 0. The van der Waals surface area contributed by atoms with Crippen LogP contribution in [0.2, 0.25) is 0 Å². The lowest BCUT2D eigenvalue weighted by molar-refractivity contribution is -0.129. The van der Waals surface area contributed by atoms with Crippen LogP contribution in [0.25, 0.3) is 0 Å². The van der Waals surface area contributed by atoms with Gasteiger partial charge in [0.15, 0.2) is 0 Å². The maximum Gasteiger partial charge on any atom is 0.222 e. The summed E-state index contributed by atoms with van der Waals surface area (Å²) in [4.78, 5) is 13.0. The van der Waals surface area contributed by atoms with E-state index in [2.05, 4.69) is 5.32 Å². The predicted octanol–water partition coefficient (Wildman–Crippen LogP) is 0.217. The molecule has 1 N–H and O–H groups in total. The quantitative estimate of drug-likeness (QED) is 0.589. The van der Waals surface area contributed by atoms with Crippen molar-refractivity contribution in [3.05, 3.63) is 0 Å². The van der Waals surface area contributed by atoms with E-state index in [-0.39, 0.29) is 5.91 Å². The third-order valence-electron chi connectivity index (χ3n) is 2.35. The van der Waals surface area contributed by atoms with Gasteiger partial charge < -0.3 is 10.2 Å². The zero-order valence-corrected chi connectivity index (χ0v) is 7.26. The van der Waals surface area contributed by atoms with E-state index >= 15 is 0 Å². The van der Waals surface area contributed by atoms with Crippen molar-refractivity contribution in [3.8, 4) is 0 Å². The first-order chi connectivity index (χ1) is 5.24. The van der Waals surface area contributed by atoms with Crippen LogP contribution in [-0.4, -0.2) is 37.5 Å². The van der Waals surface area contributed by atoms with E-state index in [0.29, 0.717) is 12.5 Å². The van der Waals surface area contributed by atoms with Gasteiger partial charge in [-0.15, -0.1) is 0 Å². The Kier molecular flexibility index (Phi) is 2.88. The molecule has 0 bridgehead atoms. The molecule has 0 saturated carbocycles. The van der Waals surface area contributed by atoms with Crippen molar-refractivity contribution in [3.63, 3.8) is 0 Å². The Balaban J connectivity index is 2.44. The molecule has 11 heavy (non-hydrogen) atoms. The van der Waals surface area contributed by atoms with Crippen LogP contribution in [0, 0.1) is 0 Å². The first kappa shape index (κ1) is 8.53. The Morgan fingerprint density at radius 3 is 2.91 bits per heavy atom. The molecule has 0 spiro atoms. The number of nitrogens with zero attached hydrogens (tertiary/aromatic N) is 1. The summed E-state index contributed by atoms with van der Waals surface area (Å²) in [5.41, 5.74) is 0. The van der Waals surface area contributed by atoms with E-state index in [1.807, 2.05) is 19.0 Å². The Morgan fingerprint density at radius 1 is 1.55 bits per heavy atom. The number of hydrogen-bond acceptors (Lipinski definition) is 2. The number of carbonyl (C=O) groups excluding carboxylic acids is 1. The molecular weight excluding hydrogens is 140 g/mol. The molecule has 0 aromatic rings. The zero-order chi connectivity index (χ0) is 8.27. The molecule has 0 radical (unpaired) electrons. The monoisotopic (exact) mass is 156 g/mol. The predicted molar refractivity (Wildman–Crippen MR) is 44.3 cm³/mol. The molecule has 64 valence electrons. The second-order valence-electron chi connectivity index (χ2n) is 3.13. The SMILES string of the molecule is CNC1CCC(=O)N(C)CC1. The lowest BCUT2D eigenvalue weighted by Crippen LogP contribution is -2.27. The molecule has 1 fully saturated rings. The smallest absolute Gasteiger partial charge is 0.222 e. The van der Waals surface area contributed by atoms with E-state index in [1.54, 1.807) is 0 Å². The van der Waals surface area contributed by atoms with Crippen molar-refractivity contribution in [1.82, 2.24) is 10.2 Å². The van der Waals surface area contributed by atoms with Crippen molar-refractivity contribution in [1.29, 1.82) is 0 Å². The highest BCUT2D eigenvalue weighted by Crippen LogP contribution is 2.09. The van der Waals surface area contributed by atoms with E-state index < -0.39 is 0 Å². The van der Waals surface area contributed by atoms with Gasteiger partial charge in [-0.3, -0.25) is 4.79 Å². The average molecular weight is 156 g/mol. The van der Waals surface area contributed by atoms with E-state index in [1.165, 1.54) is 0 Å². The molecular formula is C8H16N2O. The minimum absolute atomic E-state index is 0.280. The molecule has 0 aromatic heterocycles. The van der Waals surface area contributed by atoms with Crippen LogP contribution in [0.1, 0.15) is 19.3 Å². The fraction of sp³-hybridized carbons (Fsp3) is 0.875. The molecule has 0 aromatic carbocycles. The maximum absolute atomic E-state index is 11.2. The van der Waals surface area contributed by atoms with Crippen LogP contribution in [-0.2, 0) is 4.79 Å². The number of rotatable bonds is 1. The number of hydrogen-bond donors (Lipinski definition) is 1. The average Bonchev–Trinajstić information content (AvgIpc) is 2.16. The highest BCUT2D eigenvalue weighted by atomic mass is 16.2. The summed E-state index contributed by atoms with van der Waals surface area (Å²) in [5.74, 6) is 0.280. The fourth-order valence-corrected chi connectivity index (χ4v) is 1.40. The van der Waals surface area contributed by atoms with E-state index in [9.17, 15) is 4.79 Å². The third-order valence-corrected chi connectivity index (χ3v) is 2.35. The molecule has 1 rings (SSSR count). The minimum atomic E-state index is 0.280. The molecule has 1 unspecified atom stereocenters. The van der Waals surface area contributed by atoms with Gasteiger partial charge in [-0.1, -0.05) is 0 Å². The van der Waals surface area contributed by atoms with Gasteiger partial charge in [-0.25, -0.2) is 0 Å². The summed E-state index contributed by atoms with van der Waals surface area (Å²) in [5, 5.41) is 3.21. The first-order valence-electron chi connectivity index (χ1n) is 4.15. The van der Waals surface area contributed by atoms with Gasteiger partial charge in [0.05, 0.1) is 0 Å². The molecule has 0 aliphatic carbocycles. The van der Waals surface area contributed by atoms with Gasteiger partial charge >= 0.3 is 0 Å². The van der Waals surface area contributed by atoms with Gasteiger partial charge in [0.25, 0.3) is 0 Å². The fourth-order valence-electron chi connectivity index (χ4n) is 1.40. The first-order valence-corrected chi connectivity index (χ1v) is 4.15. The van der Waals surface area contributed by atoms with Crippen LogP contribution in [0.4, 0.5) is 0 Å². The van der Waals surface area contributed by atoms with Gasteiger partial charge in [0.2, 0.25) is 5.91 Å². The van der Waals surface area contributed by atoms with Gasteiger partial charge in [-0.2, -0.15) is 0 Å². The highest BCUT2D eigenvalue weighted by Gasteiger charge is 2.17. The standard InChI is InChI=1S/C8H16N2O/c1-9-7-3-4-8(11)10(2)6-5-7/h7,9H,3-6H2,1-2H3. The van der Waals surface area contributed by atoms with Crippen molar-refractivity contribution in [2.45, 2.75) is 25.3 Å². The number of nitrogens with one attached hydrogen (secondary N) is 1. The van der Waals surface area contributed by atoms with Crippen molar-refractivity contribution < 1.29 is 4.79 Å². The molecule has 1 aliphatic heterocycles. The number of carbonyl (C=O) groups is 1. The molecule has 1 amide bonds. The maximum atomic E-state index is 11.2. The summed E-state index contributed by atoms with van der Waals surface area (Å²) in [7, 11) is 3.83. The minimum Gasteiger partial charge on any atom is -0.346 e. The van der Waals surface area contributed by atoms with Crippen LogP contribution < -0.4 is 5.32 Å². The zero-order valence-electron chi connectivity index (χ0n) is 7.26. The van der Waals surface area contributed by atoms with Crippen LogP contribution in [0.15, 0.2) is 0 Å². The largest absolute Gasteiger partial charge is 0.346 e. The Bertz CT molecular complexity index is 147. The van der Waals surface area contributed by atoms with Crippen LogP contribution >= 0.6 is 0 Å². The van der Waals surface area contributed by atoms with Gasteiger partial charge in [-0.05, 0) is 19.9 Å². The lowest BCUT2D eigenvalue weighted by atomic mass is 10.1. The lowest BCUT2D eigenvalue weighted by Gasteiger charge is -2.14. The molecule has 3 heteroatoms. The van der Waals surface area contributed by atoms with Crippen molar-refractivity contribution >= 4 is 5.91 Å². The summed E-state index contributed by atoms with van der Waals surface area (Å²) < 4.78 is 0. The summed E-state index contributed by atoms with van der Waals surface area (Å²) in [6.45, 7) is 0.893. The van der Waals surface area contributed by atoms with Crippen LogP contribution in [0.3, 0.4) is 0 Å². The van der Waals surface area contributed by atoms with Crippen molar-refractivity contribution in [2.75, 3.05) is 20.6 Å². The number of likely N-dealkylation sites (tertiary alicyclic amines) is 1. The normalized spacial score (nSPS) is 26.9. The van der Waals surface area contributed by atoms with Gasteiger partial charge in [0, 0.05) is 26.1 Å². The Morgan fingerprint density at radius 2 is 2.27 bits per heavy atom. The molecule has 1 heterocycles. The molecule has 3 nitrogen and oxygen atoms in total. The second kappa shape index (κ2) is 3.72. The van der Waals surface area contributed by atoms with Crippen molar-refractivity contribution in [2.24, 2.45) is 0 Å². The second-order valence-corrected chi connectivity index (χ2v) is 3.13. The third kappa shape index (κ3) is 2.19. The highest BCUT2D eigenvalue weighted by molar-refractivity contribution is 5.76. The molecule has 1 atom stereocenters. The Hall–Kier alpha value is -0.570. The van der Waals surface area contributed by atoms with E-state index in [4.69, 9.17) is 0 Å².